The van der Waals surface area contributed by atoms with Crippen molar-refractivity contribution < 1.29 is 55.0 Å². The van der Waals surface area contributed by atoms with Crippen molar-refractivity contribution in [3.05, 3.63) is 36.4 Å². The van der Waals surface area contributed by atoms with E-state index in [1.807, 2.05) is 30.3 Å². The number of benzene rings is 1. The van der Waals surface area contributed by atoms with Gasteiger partial charge in [-0.25, -0.2) is 0 Å². The van der Waals surface area contributed by atoms with Gasteiger partial charge in [-0.3, -0.25) is 9.59 Å². The Bertz CT molecular complexity index is 393. The van der Waals surface area contributed by atoms with Crippen molar-refractivity contribution in [2.75, 3.05) is 0 Å². The third-order valence-corrected chi connectivity index (χ3v) is 2.64. The molecular formula is C14H20IO8Rh-. The maximum Gasteiger partial charge on any atom is 0 e. The fraction of sp³-hybridized carbons (Fsp3) is 0.286. The minimum absolute atomic E-state index is 0. The topological polar surface area (TPSA) is 127 Å². The summed E-state index contributed by atoms with van der Waals surface area (Å²) in [5.41, 5.74) is 0. The number of hydrogen-bond acceptors (Lipinski definition) is 6. The number of halogens is 1. The van der Waals surface area contributed by atoms with Crippen molar-refractivity contribution in [2.45, 2.75) is 27.7 Å². The Morgan fingerprint density at radius 3 is 1.21 bits per heavy atom. The van der Waals surface area contributed by atoms with E-state index >= 15 is 0 Å². The number of carbonyl (C=O) groups is 4. The maximum absolute atomic E-state index is 10.0. The minimum Gasteiger partial charge on any atom is -0.184 e. The van der Waals surface area contributed by atoms with Crippen molar-refractivity contribution in [3.63, 3.8) is 0 Å². The number of rotatable bonds is 2. The molecule has 1 aromatic rings. The number of carbonyl (C=O) groups excluding carboxylic acids is 2. The molecule has 0 spiro atoms. The first-order valence-corrected chi connectivity index (χ1v) is 7.82. The summed E-state index contributed by atoms with van der Waals surface area (Å²) in [4.78, 5) is 38.1. The summed E-state index contributed by atoms with van der Waals surface area (Å²) >= 11 is -1.31. The van der Waals surface area contributed by atoms with Gasteiger partial charge >= 0.3 is 63.5 Å². The number of hydrogen-bond donors (Lipinski definition) is 2. The van der Waals surface area contributed by atoms with E-state index in [1.54, 1.807) is 0 Å². The zero-order valence-corrected chi connectivity index (χ0v) is 17.4. The smallest absolute Gasteiger partial charge is 0 e. The standard InChI is InChI=1S/C6H5.C4H7IO4.2C2H4O2.Rh/c1-2-4-6-5-3-1;1-3(6)8-5-9-4(2)7;2*1-2(3)4;/h1-5H;5H,1-2H3;2*1H3,(H,3,4);/q-1;;;;. The van der Waals surface area contributed by atoms with Crippen LogP contribution in [0.15, 0.2) is 30.3 Å². The first-order valence-electron chi connectivity index (χ1n) is 5.92. The van der Waals surface area contributed by atoms with Crippen LogP contribution in [0.5, 0.6) is 0 Å². The van der Waals surface area contributed by atoms with E-state index in [0.29, 0.717) is 0 Å². The largest absolute Gasteiger partial charge is 0.184 e. The van der Waals surface area contributed by atoms with E-state index in [-0.39, 0.29) is 19.5 Å². The summed E-state index contributed by atoms with van der Waals surface area (Å²) in [5, 5.41) is 14.8. The number of carboxylic acids is 2. The maximum atomic E-state index is 10.0. The molecule has 141 valence electrons. The van der Waals surface area contributed by atoms with Crippen LogP contribution in [0.4, 0.5) is 0 Å². The third kappa shape index (κ3) is 70.8. The molecule has 0 amide bonds. The minimum atomic E-state index is -1.31. The Morgan fingerprint density at radius 2 is 1.08 bits per heavy atom. The predicted octanol–water partition coefficient (Wildman–Crippen LogP) is 2.31. The van der Waals surface area contributed by atoms with Gasteiger partial charge in [-0.05, 0) is 0 Å². The van der Waals surface area contributed by atoms with Gasteiger partial charge in [-0.1, -0.05) is 0 Å². The van der Waals surface area contributed by atoms with E-state index in [1.165, 1.54) is 13.8 Å². The summed E-state index contributed by atoms with van der Waals surface area (Å²) in [6.07, 6.45) is 0. The number of aliphatic carboxylic acids is 2. The van der Waals surface area contributed by atoms with E-state index < -0.39 is 45.9 Å². The normalized spacial score (nSPS) is 7.33. The second-order valence-electron chi connectivity index (χ2n) is 3.33. The molecule has 0 aliphatic carbocycles. The monoisotopic (exact) mass is 546 g/mol. The van der Waals surface area contributed by atoms with E-state index in [2.05, 4.69) is 12.2 Å². The van der Waals surface area contributed by atoms with Gasteiger partial charge in [0, 0.05) is 33.3 Å². The average molecular weight is 546 g/mol. The molecule has 0 saturated heterocycles. The quantitative estimate of drug-likeness (QED) is 0.329. The van der Waals surface area contributed by atoms with Crippen LogP contribution < -0.4 is 0 Å². The molecule has 1 radical (unpaired) electrons. The van der Waals surface area contributed by atoms with Gasteiger partial charge in [0.15, 0.2) is 0 Å². The third-order valence-electron chi connectivity index (χ3n) is 0.910. The van der Waals surface area contributed by atoms with Gasteiger partial charge in [0.25, 0.3) is 11.9 Å². The zero-order valence-electron chi connectivity index (χ0n) is 13.5. The summed E-state index contributed by atoms with van der Waals surface area (Å²) in [5.74, 6) is -2.47. The van der Waals surface area contributed by atoms with Crippen LogP contribution in [0.1, 0.15) is 27.7 Å². The zero-order chi connectivity index (χ0) is 18.7. The Morgan fingerprint density at radius 1 is 0.792 bits per heavy atom. The fourth-order valence-corrected chi connectivity index (χ4v) is 1.10. The molecule has 0 unspecified atom stereocenters. The van der Waals surface area contributed by atoms with Crippen molar-refractivity contribution >= 4 is 45.9 Å². The van der Waals surface area contributed by atoms with E-state index in [9.17, 15) is 9.59 Å². The van der Waals surface area contributed by atoms with Crippen molar-refractivity contribution in [3.8, 4) is 0 Å². The molecule has 2 N–H and O–H groups in total. The van der Waals surface area contributed by atoms with Crippen molar-refractivity contribution in [1.82, 2.24) is 0 Å². The van der Waals surface area contributed by atoms with Gasteiger partial charge in [0.1, 0.15) is 0 Å². The van der Waals surface area contributed by atoms with Gasteiger partial charge in [0.05, 0.1) is 0 Å². The van der Waals surface area contributed by atoms with Gasteiger partial charge in [-0.15, -0.1) is 0 Å². The predicted molar refractivity (Wildman–Crippen MR) is 90.8 cm³/mol. The molecule has 0 heterocycles. The van der Waals surface area contributed by atoms with Gasteiger partial charge < -0.3 is 10.2 Å². The van der Waals surface area contributed by atoms with Crippen LogP contribution >= 0.6 is 22.0 Å². The summed E-state index contributed by atoms with van der Waals surface area (Å²) in [7, 11) is 0. The Kier molecular flexibility index (Phi) is 30.0. The molecule has 24 heavy (non-hydrogen) atoms. The Balaban J connectivity index is -0.000000117. The van der Waals surface area contributed by atoms with E-state index in [4.69, 9.17) is 19.8 Å². The molecular weight excluding hydrogens is 526 g/mol. The molecule has 0 aliphatic heterocycles. The SMILES string of the molecule is CC(=O)O.CC(=O)O.CC(=O)O[IH]OC(C)=O.[Rh].[c-]1ccccc1. The summed E-state index contributed by atoms with van der Waals surface area (Å²) < 4.78 is 8.80. The summed E-state index contributed by atoms with van der Waals surface area (Å²) in [6, 6.07) is 12.5. The van der Waals surface area contributed by atoms with Crippen molar-refractivity contribution in [2.24, 2.45) is 0 Å². The molecule has 0 bridgehead atoms. The number of carboxylic acid groups (broad SMARTS) is 2. The molecule has 0 aliphatic rings. The van der Waals surface area contributed by atoms with E-state index in [0.717, 1.165) is 13.8 Å². The molecule has 1 aromatic carbocycles. The van der Waals surface area contributed by atoms with Crippen LogP contribution in [-0.4, -0.2) is 34.1 Å². The second kappa shape index (κ2) is 23.7. The summed E-state index contributed by atoms with van der Waals surface area (Å²) in [6.45, 7) is 4.71. The van der Waals surface area contributed by atoms with Gasteiger partial charge in [0.2, 0.25) is 0 Å². The average Bonchev–Trinajstić information content (AvgIpc) is 2.39. The molecule has 10 heteroatoms. The molecule has 0 fully saturated rings. The Labute approximate surface area is 164 Å². The Hall–Kier alpha value is -1.55. The first kappa shape index (κ1) is 30.3. The van der Waals surface area contributed by atoms with Crippen LogP contribution in [0.3, 0.4) is 0 Å². The first-order chi connectivity index (χ1) is 10.6. The van der Waals surface area contributed by atoms with Crippen LogP contribution in [-0.2, 0) is 44.8 Å². The fourth-order valence-electron chi connectivity index (χ4n) is 0.455. The molecule has 1 rings (SSSR count). The second-order valence-corrected chi connectivity index (χ2v) is 4.67. The molecule has 0 aromatic heterocycles. The van der Waals surface area contributed by atoms with Crippen LogP contribution in [0.2, 0.25) is 0 Å². The van der Waals surface area contributed by atoms with Crippen LogP contribution in [0.25, 0.3) is 0 Å². The van der Waals surface area contributed by atoms with Crippen molar-refractivity contribution in [1.29, 1.82) is 0 Å². The molecule has 0 saturated carbocycles. The van der Waals surface area contributed by atoms with Crippen LogP contribution in [0, 0.1) is 6.07 Å². The van der Waals surface area contributed by atoms with Gasteiger partial charge in [-0.2, -0.15) is 36.4 Å². The molecule has 0 atom stereocenters. The molecule has 8 nitrogen and oxygen atoms in total.